The fourth-order valence-corrected chi connectivity index (χ4v) is 3.16. The minimum Gasteiger partial charge on any atom is -0.356 e. The Hall–Kier alpha value is -2.64. The van der Waals surface area contributed by atoms with E-state index in [1.54, 1.807) is 19.2 Å². The van der Waals surface area contributed by atoms with Crippen molar-refractivity contribution < 1.29 is 9.72 Å². The fraction of sp³-hybridized carbons (Fsp3) is 0.579. The molecule has 1 fully saturated rings. The Morgan fingerprint density at radius 2 is 2.07 bits per heavy atom. The third kappa shape index (κ3) is 6.54. The van der Waals surface area contributed by atoms with Gasteiger partial charge < -0.3 is 15.5 Å². The molecule has 0 aliphatic carbocycles. The third-order valence-corrected chi connectivity index (χ3v) is 4.74. The Labute approximate surface area is 160 Å². The van der Waals surface area contributed by atoms with Crippen LogP contribution in [0.2, 0.25) is 0 Å². The Bertz CT molecular complexity index is 660. The molecule has 0 aromatic heterocycles. The number of guanidine groups is 1. The van der Waals surface area contributed by atoms with Crippen LogP contribution in [0, 0.1) is 10.1 Å². The van der Waals surface area contributed by atoms with Crippen molar-refractivity contribution >= 4 is 17.6 Å². The number of nitro benzene ring substituents is 1. The van der Waals surface area contributed by atoms with Crippen LogP contribution in [0.1, 0.15) is 38.2 Å². The molecule has 1 unspecified atom stereocenters. The highest BCUT2D eigenvalue weighted by Gasteiger charge is 2.25. The normalized spacial score (nSPS) is 17.0. The number of likely N-dealkylation sites (tertiary alicyclic amines) is 1. The number of benzene rings is 1. The minimum absolute atomic E-state index is 0.126. The highest BCUT2D eigenvalue weighted by atomic mass is 16.6. The maximum atomic E-state index is 11.7. The lowest BCUT2D eigenvalue weighted by Gasteiger charge is -2.18. The summed E-state index contributed by atoms with van der Waals surface area (Å²) in [5.74, 6) is 0.967. The summed E-state index contributed by atoms with van der Waals surface area (Å²) in [6.45, 7) is 4.22. The first-order valence-corrected chi connectivity index (χ1v) is 9.51. The number of nitrogens with zero attached hydrogens (tertiary/aromatic N) is 3. The molecular weight excluding hydrogens is 346 g/mol. The van der Waals surface area contributed by atoms with Gasteiger partial charge in [0.2, 0.25) is 5.91 Å². The van der Waals surface area contributed by atoms with E-state index in [0.29, 0.717) is 6.42 Å². The zero-order valence-electron chi connectivity index (χ0n) is 16.1. The largest absolute Gasteiger partial charge is 0.356 e. The van der Waals surface area contributed by atoms with Crippen molar-refractivity contribution in [2.75, 3.05) is 26.7 Å². The molecule has 148 valence electrons. The fourth-order valence-electron chi connectivity index (χ4n) is 3.16. The number of aryl methyl sites for hydroxylation is 1. The monoisotopic (exact) mass is 375 g/mol. The van der Waals surface area contributed by atoms with E-state index in [4.69, 9.17) is 0 Å². The lowest BCUT2D eigenvalue weighted by molar-refractivity contribution is -0.384. The van der Waals surface area contributed by atoms with Crippen molar-refractivity contribution in [2.24, 2.45) is 4.99 Å². The van der Waals surface area contributed by atoms with E-state index >= 15 is 0 Å². The van der Waals surface area contributed by atoms with E-state index in [-0.39, 0.29) is 22.6 Å². The molecule has 2 rings (SSSR count). The van der Waals surface area contributed by atoms with Crippen LogP contribution < -0.4 is 10.6 Å². The molecule has 1 amide bonds. The Kier molecular flexibility index (Phi) is 8.03. The number of amides is 1. The third-order valence-electron chi connectivity index (χ3n) is 4.74. The molecule has 1 aliphatic heterocycles. The number of carbonyl (C=O) groups excluding carboxylic acids is 1. The predicted octanol–water partition coefficient (Wildman–Crippen LogP) is 2.09. The number of nitro groups is 1. The number of hydrogen-bond donors (Lipinski definition) is 2. The van der Waals surface area contributed by atoms with Gasteiger partial charge in [-0.25, -0.2) is 0 Å². The number of carbonyl (C=O) groups is 1. The van der Waals surface area contributed by atoms with Gasteiger partial charge in [-0.1, -0.05) is 19.1 Å². The van der Waals surface area contributed by atoms with Crippen LogP contribution in [0.5, 0.6) is 0 Å². The van der Waals surface area contributed by atoms with Gasteiger partial charge in [-0.3, -0.25) is 19.9 Å². The lowest BCUT2D eigenvalue weighted by atomic mass is 10.1. The summed E-state index contributed by atoms with van der Waals surface area (Å²) >= 11 is 0. The second kappa shape index (κ2) is 10.5. The maximum Gasteiger partial charge on any atom is 0.269 e. The van der Waals surface area contributed by atoms with Crippen molar-refractivity contribution in [1.29, 1.82) is 0 Å². The van der Waals surface area contributed by atoms with Gasteiger partial charge in [-0.15, -0.1) is 0 Å². The zero-order valence-corrected chi connectivity index (χ0v) is 16.1. The molecule has 1 atom stereocenters. The summed E-state index contributed by atoms with van der Waals surface area (Å²) in [4.78, 5) is 28.2. The molecule has 8 heteroatoms. The van der Waals surface area contributed by atoms with E-state index in [1.807, 2.05) is 24.0 Å². The van der Waals surface area contributed by atoms with E-state index < -0.39 is 0 Å². The van der Waals surface area contributed by atoms with Crippen molar-refractivity contribution in [3.05, 3.63) is 39.9 Å². The van der Waals surface area contributed by atoms with Crippen molar-refractivity contribution in [3.63, 3.8) is 0 Å². The van der Waals surface area contributed by atoms with Gasteiger partial charge in [0, 0.05) is 51.3 Å². The van der Waals surface area contributed by atoms with Crippen molar-refractivity contribution in [3.8, 4) is 0 Å². The minimum atomic E-state index is -0.381. The average molecular weight is 375 g/mol. The van der Waals surface area contributed by atoms with E-state index in [0.717, 1.165) is 56.8 Å². The Balaban J connectivity index is 1.64. The van der Waals surface area contributed by atoms with Crippen LogP contribution in [0.3, 0.4) is 0 Å². The van der Waals surface area contributed by atoms with Gasteiger partial charge in [0.1, 0.15) is 0 Å². The standard InChI is InChI=1S/C19H29N5O3/c1-3-18(25)23-13-11-16(14-23)22-19(20-2)21-12-5-4-6-15-7-9-17(10-8-15)24(26)27/h7-10,16H,3-6,11-14H2,1-2H3,(H2,20,21,22). The smallest absolute Gasteiger partial charge is 0.269 e. The molecule has 1 aliphatic rings. The van der Waals surface area contributed by atoms with Crippen LogP contribution >= 0.6 is 0 Å². The van der Waals surface area contributed by atoms with Crippen molar-refractivity contribution in [1.82, 2.24) is 15.5 Å². The van der Waals surface area contributed by atoms with E-state index in [1.165, 1.54) is 0 Å². The number of nitrogens with one attached hydrogen (secondary N) is 2. The number of non-ortho nitro benzene ring substituents is 1. The summed E-state index contributed by atoms with van der Waals surface area (Å²) in [5, 5.41) is 17.3. The summed E-state index contributed by atoms with van der Waals surface area (Å²) in [5.41, 5.74) is 1.23. The molecule has 0 saturated carbocycles. The number of hydrogen-bond acceptors (Lipinski definition) is 4. The van der Waals surface area contributed by atoms with E-state index in [2.05, 4.69) is 15.6 Å². The molecule has 0 bridgehead atoms. The topological polar surface area (TPSA) is 99.9 Å². The summed E-state index contributed by atoms with van der Waals surface area (Å²) in [7, 11) is 1.75. The second-order valence-electron chi connectivity index (χ2n) is 6.70. The SMILES string of the molecule is CCC(=O)N1CCC(NC(=NC)NCCCCc2ccc([N+](=O)[O-])cc2)C1. The molecule has 0 radical (unpaired) electrons. The maximum absolute atomic E-state index is 11.7. The molecule has 2 N–H and O–H groups in total. The quantitative estimate of drug-likeness (QED) is 0.238. The Morgan fingerprint density at radius 3 is 2.70 bits per heavy atom. The van der Waals surface area contributed by atoms with Gasteiger partial charge in [-0.2, -0.15) is 0 Å². The van der Waals surface area contributed by atoms with Gasteiger partial charge in [0.05, 0.1) is 4.92 Å². The summed E-state index contributed by atoms with van der Waals surface area (Å²) < 4.78 is 0. The highest BCUT2D eigenvalue weighted by molar-refractivity contribution is 5.80. The van der Waals surface area contributed by atoms with E-state index in [9.17, 15) is 14.9 Å². The molecule has 0 spiro atoms. The summed E-state index contributed by atoms with van der Waals surface area (Å²) in [6, 6.07) is 6.97. The molecule has 1 aromatic carbocycles. The lowest BCUT2D eigenvalue weighted by Crippen LogP contribution is -2.45. The molecule has 1 aromatic rings. The first-order valence-electron chi connectivity index (χ1n) is 9.51. The first-order chi connectivity index (χ1) is 13.0. The second-order valence-corrected chi connectivity index (χ2v) is 6.70. The number of rotatable bonds is 8. The molecule has 27 heavy (non-hydrogen) atoms. The van der Waals surface area contributed by atoms with Gasteiger partial charge in [-0.05, 0) is 31.2 Å². The van der Waals surface area contributed by atoms with Crippen LogP contribution in [-0.2, 0) is 11.2 Å². The number of aliphatic imine (C=N–C) groups is 1. The average Bonchev–Trinajstić information content (AvgIpc) is 3.15. The van der Waals surface area contributed by atoms with Crippen LogP contribution in [0.4, 0.5) is 5.69 Å². The first kappa shape index (κ1) is 20.7. The molecule has 8 nitrogen and oxygen atoms in total. The summed E-state index contributed by atoms with van der Waals surface area (Å²) in [6.07, 6.45) is 4.34. The van der Waals surface area contributed by atoms with Gasteiger partial charge in [0.15, 0.2) is 5.96 Å². The Morgan fingerprint density at radius 1 is 1.33 bits per heavy atom. The molecular formula is C19H29N5O3. The predicted molar refractivity (Wildman–Crippen MR) is 106 cm³/mol. The van der Waals surface area contributed by atoms with Crippen LogP contribution in [0.25, 0.3) is 0 Å². The van der Waals surface area contributed by atoms with Crippen LogP contribution in [-0.4, -0.2) is 54.4 Å². The van der Waals surface area contributed by atoms with Crippen molar-refractivity contribution in [2.45, 2.75) is 45.1 Å². The number of unbranched alkanes of at least 4 members (excludes halogenated alkanes) is 1. The molecule has 1 heterocycles. The van der Waals surface area contributed by atoms with Crippen LogP contribution in [0.15, 0.2) is 29.3 Å². The molecule has 1 saturated heterocycles. The zero-order chi connectivity index (χ0) is 19.6. The highest BCUT2D eigenvalue weighted by Crippen LogP contribution is 2.13. The van der Waals surface area contributed by atoms with Gasteiger partial charge in [0.25, 0.3) is 5.69 Å². The van der Waals surface area contributed by atoms with Gasteiger partial charge >= 0.3 is 0 Å².